The Morgan fingerprint density at radius 3 is 2.67 bits per heavy atom. The normalized spacial score (nSPS) is 16.9. The molecule has 1 aliphatic carbocycles. The zero-order chi connectivity index (χ0) is 6.85. The summed E-state index contributed by atoms with van der Waals surface area (Å²) in [6, 6.07) is 0. The number of carbonyl (C=O) groups is 1. The molecule has 1 rings (SSSR count). The van der Waals surface area contributed by atoms with Crippen LogP contribution >= 0.6 is 0 Å². The van der Waals surface area contributed by atoms with E-state index in [0.717, 1.165) is 0 Å². The van der Waals surface area contributed by atoms with E-state index in [2.05, 4.69) is 0 Å². The lowest BCUT2D eigenvalue weighted by atomic mass is 10.2. The van der Waals surface area contributed by atoms with E-state index >= 15 is 0 Å². The zero-order valence-corrected chi connectivity index (χ0v) is 4.76. The smallest absolute Gasteiger partial charge is 0.0678 e. The Morgan fingerprint density at radius 1 is 1.78 bits per heavy atom. The minimum Gasteiger partial charge on any atom is -0.545 e. The standard InChI is InChI=1S/C6H7NO2/c7-5-2-1-4(3-5)6(8)9/h2-3H,1,7H2,(H,8,9)/p-1. The molecule has 0 spiro atoms. The van der Waals surface area contributed by atoms with Crippen LogP contribution in [-0.4, -0.2) is 5.97 Å². The Kier molecular flexibility index (Phi) is 1.26. The highest BCUT2D eigenvalue weighted by molar-refractivity contribution is 5.86. The van der Waals surface area contributed by atoms with Crippen molar-refractivity contribution in [2.75, 3.05) is 0 Å². The van der Waals surface area contributed by atoms with E-state index in [1.54, 1.807) is 6.08 Å². The third kappa shape index (κ3) is 1.10. The van der Waals surface area contributed by atoms with Gasteiger partial charge in [0, 0.05) is 5.70 Å². The fraction of sp³-hybridized carbons (Fsp3) is 0.167. The maximum absolute atomic E-state index is 10.1. The van der Waals surface area contributed by atoms with Gasteiger partial charge in [-0.05, 0) is 18.1 Å². The Hall–Kier alpha value is -1.25. The molecular formula is C6H6NO2-. The van der Waals surface area contributed by atoms with Crippen molar-refractivity contribution >= 4 is 5.97 Å². The highest BCUT2D eigenvalue weighted by Gasteiger charge is 2.02. The van der Waals surface area contributed by atoms with Crippen LogP contribution in [0.15, 0.2) is 23.4 Å². The summed E-state index contributed by atoms with van der Waals surface area (Å²) < 4.78 is 0. The molecule has 0 aromatic heterocycles. The summed E-state index contributed by atoms with van der Waals surface area (Å²) in [5.74, 6) is -1.13. The predicted octanol–water partition coefficient (Wildman–Crippen LogP) is -1.09. The average molecular weight is 124 g/mol. The summed E-state index contributed by atoms with van der Waals surface area (Å²) in [6.45, 7) is 0. The topological polar surface area (TPSA) is 66.2 Å². The second-order valence-electron chi connectivity index (χ2n) is 1.87. The number of hydrogen-bond acceptors (Lipinski definition) is 3. The molecule has 0 aliphatic heterocycles. The third-order valence-corrected chi connectivity index (χ3v) is 1.16. The first-order valence-corrected chi connectivity index (χ1v) is 2.57. The first-order chi connectivity index (χ1) is 4.20. The van der Waals surface area contributed by atoms with Gasteiger partial charge in [0.1, 0.15) is 0 Å². The Balaban J connectivity index is 2.71. The van der Waals surface area contributed by atoms with Gasteiger partial charge in [0.05, 0.1) is 5.97 Å². The van der Waals surface area contributed by atoms with Crippen LogP contribution in [0.1, 0.15) is 6.42 Å². The Labute approximate surface area is 52.5 Å². The van der Waals surface area contributed by atoms with Crippen LogP contribution in [0.25, 0.3) is 0 Å². The Bertz CT molecular complexity index is 203. The number of carboxylic acid groups (broad SMARTS) is 1. The molecule has 3 nitrogen and oxygen atoms in total. The van der Waals surface area contributed by atoms with Crippen molar-refractivity contribution in [1.29, 1.82) is 0 Å². The van der Waals surface area contributed by atoms with Crippen molar-refractivity contribution in [2.45, 2.75) is 6.42 Å². The van der Waals surface area contributed by atoms with Gasteiger partial charge < -0.3 is 15.6 Å². The van der Waals surface area contributed by atoms with Crippen LogP contribution in [0.5, 0.6) is 0 Å². The zero-order valence-electron chi connectivity index (χ0n) is 4.76. The van der Waals surface area contributed by atoms with Gasteiger partial charge in [-0.3, -0.25) is 0 Å². The second-order valence-corrected chi connectivity index (χ2v) is 1.87. The molecule has 1 aliphatic rings. The first-order valence-electron chi connectivity index (χ1n) is 2.57. The van der Waals surface area contributed by atoms with E-state index < -0.39 is 5.97 Å². The number of hydrogen-bond donors (Lipinski definition) is 1. The van der Waals surface area contributed by atoms with Crippen LogP contribution in [0.4, 0.5) is 0 Å². The van der Waals surface area contributed by atoms with E-state index in [-0.39, 0.29) is 5.57 Å². The number of carbonyl (C=O) groups excluding carboxylic acids is 1. The lowest BCUT2D eigenvalue weighted by molar-refractivity contribution is -0.299. The summed E-state index contributed by atoms with van der Waals surface area (Å²) >= 11 is 0. The predicted molar refractivity (Wildman–Crippen MR) is 30.0 cm³/mol. The SMILES string of the molecule is NC1=CCC(C(=O)[O-])=C1. The van der Waals surface area contributed by atoms with Crippen LogP contribution in [0.3, 0.4) is 0 Å². The highest BCUT2D eigenvalue weighted by Crippen LogP contribution is 2.11. The van der Waals surface area contributed by atoms with Crippen LogP contribution in [-0.2, 0) is 4.79 Å². The van der Waals surface area contributed by atoms with Crippen molar-refractivity contribution in [3.8, 4) is 0 Å². The molecule has 0 saturated carbocycles. The van der Waals surface area contributed by atoms with E-state index in [9.17, 15) is 9.90 Å². The van der Waals surface area contributed by atoms with Gasteiger partial charge in [-0.15, -0.1) is 0 Å². The van der Waals surface area contributed by atoms with Crippen molar-refractivity contribution in [2.24, 2.45) is 5.73 Å². The van der Waals surface area contributed by atoms with Gasteiger partial charge in [-0.1, -0.05) is 6.08 Å². The van der Waals surface area contributed by atoms with Crippen molar-refractivity contribution in [3.63, 3.8) is 0 Å². The van der Waals surface area contributed by atoms with Gasteiger partial charge in [0.25, 0.3) is 0 Å². The van der Waals surface area contributed by atoms with E-state index in [4.69, 9.17) is 5.73 Å². The maximum atomic E-state index is 10.1. The largest absolute Gasteiger partial charge is 0.545 e. The number of carboxylic acids is 1. The second kappa shape index (κ2) is 1.93. The lowest BCUT2D eigenvalue weighted by Gasteiger charge is -1.98. The molecule has 0 fully saturated rings. The third-order valence-electron chi connectivity index (χ3n) is 1.16. The summed E-state index contributed by atoms with van der Waals surface area (Å²) in [4.78, 5) is 10.1. The molecule has 0 bridgehead atoms. The van der Waals surface area contributed by atoms with Gasteiger partial charge in [0.15, 0.2) is 0 Å². The van der Waals surface area contributed by atoms with Gasteiger partial charge in [-0.2, -0.15) is 0 Å². The fourth-order valence-corrected chi connectivity index (χ4v) is 0.689. The van der Waals surface area contributed by atoms with Gasteiger partial charge in [0.2, 0.25) is 0 Å². The fourth-order valence-electron chi connectivity index (χ4n) is 0.689. The molecule has 0 radical (unpaired) electrons. The molecule has 0 saturated heterocycles. The summed E-state index contributed by atoms with van der Waals surface area (Å²) in [5, 5.41) is 10.1. The molecule has 0 aromatic carbocycles. The molecule has 0 heterocycles. The number of allylic oxidation sites excluding steroid dienone is 2. The molecule has 0 unspecified atom stereocenters. The van der Waals surface area contributed by atoms with E-state index in [1.807, 2.05) is 0 Å². The molecule has 9 heavy (non-hydrogen) atoms. The molecule has 0 aromatic rings. The summed E-state index contributed by atoms with van der Waals surface area (Å²) in [7, 11) is 0. The highest BCUT2D eigenvalue weighted by atomic mass is 16.4. The number of rotatable bonds is 1. The quantitative estimate of drug-likeness (QED) is 0.483. The summed E-state index contributed by atoms with van der Waals surface area (Å²) in [5.41, 5.74) is 6.02. The van der Waals surface area contributed by atoms with Crippen LogP contribution in [0.2, 0.25) is 0 Å². The number of nitrogens with two attached hydrogens (primary N) is 1. The van der Waals surface area contributed by atoms with Gasteiger partial charge in [-0.25, -0.2) is 0 Å². The minimum absolute atomic E-state index is 0.257. The number of aliphatic carboxylic acids is 1. The maximum Gasteiger partial charge on any atom is 0.0678 e. The molecule has 48 valence electrons. The van der Waals surface area contributed by atoms with Crippen LogP contribution < -0.4 is 10.8 Å². The van der Waals surface area contributed by atoms with E-state index in [1.165, 1.54) is 6.08 Å². The van der Waals surface area contributed by atoms with Crippen molar-refractivity contribution in [1.82, 2.24) is 0 Å². The lowest BCUT2D eigenvalue weighted by Crippen LogP contribution is -2.23. The van der Waals surface area contributed by atoms with Crippen LogP contribution in [0, 0.1) is 0 Å². The minimum atomic E-state index is -1.13. The average Bonchev–Trinajstić information content (AvgIpc) is 2.14. The first kappa shape index (κ1) is 5.88. The van der Waals surface area contributed by atoms with E-state index in [0.29, 0.717) is 12.1 Å². The Morgan fingerprint density at radius 2 is 2.44 bits per heavy atom. The van der Waals surface area contributed by atoms with Gasteiger partial charge >= 0.3 is 0 Å². The summed E-state index contributed by atoms with van der Waals surface area (Å²) in [6.07, 6.45) is 3.45. The van der Waals surface area contributed by atoms with Crippen molar-refractivity contribution in [3.05, 3.63) is 23.4 Å². The molecule has 0 amide bonds. The molecule has 3 heteroatoms. The monoisotopic (exact) mass is 124 g/mol. The molecular weight excluding hydrogens is 118 g/mol. The molecule has 0 atom stereocenters. The van der Waals surface area contributed by atoms with Crippen molar-refractivity contribution < 1.29 is 9.90 Å². The molecule has 2 N–H and O–H groups in total.